The Labute approximate surface area is 122 Å². The van der Waals surface area contributed by atoms with E-state index in [1.54, 1.807) is 0 Å². The van der Waals surface area contributed by atoms with E-state index in [1.807, 2.05) is 6.92 Å². The summed E-state index contributed by atoms with van der Waals surface area (Å²) >= 11 is 1.15. The van der Waals surface area contributed by atoms with Crippen LogP contribution in [0.5, 0.6) is 0 Å². The molecule has 0 aliphatic heterocycles. The molecular weight excluding hydrogens is 272 g/mol. The SMILES string of the molecule is CCc1ccc(C(C)Nc2snc(N)c2C(N)=O)cc1. The molecule has 1 amide bonds. The van der Waals surface area contributed by atoms with Crippen molar-refractivity contribution in [1.29, 1.82) is 0 Å². The van der Waals surface area contributed by atoms with E-state index in [-0.39, 0.29) is 17.4 Å². The second kappa shape index (κ2) is 5.92. The van der Waals surface area contributed by atoms with Gasteiger partial charge in [0.05, 0.1) is 0 Å². The Morgan fingerprint density at radius 3 is 2.60 bits per heavy atom. The molecule has 106 valence electrons. The maximum atomic E-state index is 11.4. The average molecular weight is 290 g/mol. The zero-order valence-corrected chi connectivity index (χ0v) is 12.3. The standard InChI is InChI=1S/C14H18N4OS/c1-3-9-4-6-10(7-5-9)8(2)17-14-11(13(16)19)12(15)18-20-14/h4-8,17H,3H2,1-2H3,(H2,15,18)(H2,16,19). The van der Waals surface area contributed by atoms with Gasteiger partial charge in [-0.05, 0) is 36.0 Å². The molecule has 1 aromatic carbocycles. The van der Waals surface area contributed by atoms with Crippen LogP contribution in [0.15, 0.2) is 24.3 Å². The normalized spacial score (nSPS) is 12.1. The molecule has 1 heterocycles. The van der Waals surface area contributed by atoms with Gasteiger partial charge in [0.2, 0.25) is 0 Å². The van der Waals surface area contributed by atoms with Crippen LogP contribution in [-0.2, 0) is 6.42 Å². The van der Waals surface area contributed by atoms with Gasteiger partial charge in [-0.1, -0.05) is 31.2 Å². The van der Waals surface area contributed by atoms with Crippen LogP contribution in [0.2, 0.25) is 0 Å². The lowest BCUT2D eigenvalue weighted by Crippen LogP contribution is -2.15. The van der Waals surface area contributed by atoms with Gasteiger partial charge in [-0.2, -0.15) is 4.37 Å². The van der Waals surface area contributed by atoms with Crippen LogP contribution in [-0.4, -0.2) is 10.3 Å². The van der Waals surface area contributed by atoms with Crippen LogP contribution in [0.25, 0.3) is 0 Å². The van der Waals surface area contributed by atoms with Crippen molar-refractivity contribution < 1.29 is 4.79 Å². The van der Waals surface area contributed by atoms with E-state index in [0.29, 0.717) is 5.00 Å². The summed E-state index contributed by atoms with van der Waals surface area (Å²) in [4.78, 5) is 11.4. The van der Waals surface area contributed by atoms with E-state index in [9.17, 15) is 4.79 Å². The third-order valence-electron chi connectivity index (χ3n) is 3.20. The highest BCUT2D eigenvalue weighted by molar-refractivity contribution is 7.11. The Hall–Kier alpha value is -2.08. The van der Waals surface area contributed by atoms with Crippen LogP contribution < -0.4 is 16.8 Å². The minimum atomic E-state index is -0.563. The molecular formula is C14H18N4OS. The molecule has 0 bridgehead atoms. The number of amides is 1. The lowest BCUT2D eigenvalue weighted by molar-refractivity contribution is 0.100. The zero-order chi connectivity index (χ0) is 14.7. The summed E-state index contributed by atoms with van der Waals surface area (Å²) in [7, 11) is 0. The Balaban J connectivity index is 2.18. The van der Waals surface area contributed by atoms with E-state index in [2.05, 4.69) is 40.9 Å². The van der Waals surface area contributed by atoms with E-state index in [0.717, 1.165) is 23.5 Å². The lowest BCUT2D eigenvalue weighted by Gasteiger charge is -2.15. The third kappa shape index (κ3) is 2.91. The molecule has 0 fully saturated rings. The average Bonchev–Trinajstić information content (AvgIpc) is 2.79. The van der Waals surface area contributed by atoms with Crippen molar-refractivity contribution >= 4 is 28.3 Å². The Kier molecular flexibility index (Phi) is 4.24. The first kappa shape index (κ1) is 14.3. The van der Waals surface area contributed by atoms with Crippen molar-refractivity contribution in [2.75, 3.05) is 11.1 Å². The second-order valence-electron chi connectivity index (χ2n) is 4.60. The topological polar surface area (TPSA) is 94.0 Å². The number of nitrogens with two attached hydrogens (primary N) is 2. The minimum Gasteiger partial charge on any atom is -0.382 e. The van der Waals surface area contributed by atoms with E-state index in [1.165, 1.54) is 5.56 Å². The first-order valence-corrected chi connectivity index (χ1v) is 7.20. The van der Waals surface area contributed by atoms with Crippen LogP contribution in [0.1, 0.15) is 41.4 Å². The molecule has 20 heavy (non-hydrogen) atoms. The molecule has 6 heteroatoms. The van der Waals surface area contributed by atoms with Crippen molar-refractivity contribution in [3.8, 4) is 0 Å². The van der Waals surface area contributed by atoms with Crippen molar-refractivity contribution in [2.45, 2.75) is 26.3 Å². The van der Waals surface area contributed by atoms with Gasteiger partial charge in [-0.3, -0.25) is 4.79 Å². The van der Waals surface area contributed by atoms with Gasteiger partial charge in [-0.15, -0.1) is 0 Å². The highest BCUT2D eigenvalue weighted by atomic mass is 32.1. The summed E-state index contributed by atoms with van der Waals surface area (Å²) in [5, 5.41) is 3.85. The molecule has 0 aliphatic rings. The van der Waals surface area contributed by atoms with Crippen molar-refractivity contribution in [2.24, 2.45) is 5.73 Å². The number of aryl methyl sites for hydroxylation is 1. The fourth-order valence-electron chi connectivity index (χ4n) is 1.96. The lowest BCUT2D eigenvalue weighted by atomic mass is 10.0. The number of aromatic nitrogens is 1. The van der Waals surface area contributed by atoms with Gasteiger partial charge in [0.15, 0.2) is 5.82 Å². The minimum absolute atomic E-state index is 0.0406. The van der Waals surface area contributed by atoms with E-state index >= 15 is 0 Å². The van der Waals surface area contributed by atoms with Gasteiger partial charge < -0.3 is 16.8 Å². The number of nitrogens with zero attached hydrogens (tertiary/aromatic N) is 1. The number of carbonyl (C=O) groups is 1. The summed E-state index contributed by atoms with van der Waals surface area (Å²) in [5.74, 6) is -0.384. The number of hydrogen-bond acceptors (Lipinski definition) is 5. The van der Waals surface area contributed by atoms with Crippen LogP contribution >= 0.6 is 11.5 Å². The van der Waals surface area contributed by atoms with Crippen LogP contribution in [0.3, 0.4) is 0 Å². The Morgan fingerprint density at radius 1 is 1.40 bits per heavy atom. The molecule has 0 saturated carbocycles. The van der Waals surface area contributed by atoms with Gasteiger partial charge in [0.25, 0.3) is 5.91 Å². The molecule has 5 N–H and O–H groups in total. The number of hydrogen-bond donors (Lipinski definition) is 3. The molecule has 0 aliphatic carbocycles. The van der Waals surface area contributed by atoms with Gasteiger partial charge in [0, 0.05) is 6.04 Å². The molecule has 0 spiro atoms. The van der Waals surface area contributed by atoms with Gasteiger partial charge in [-0.25, -0.2) is 0 Å². The monoisotopic (exact) mass is 290 g/mol. The zero-order valence-electron chi connectivity index (χ0n) is 11.5. The highest BCUT2D eigenvalue weighted by Gasteiger charge is 2.18. The van der Waals surface area contributed by atoms with Crippen LogP contribution in [0.4, 0.5) is 10.8 Å². The first-order chi connectivity index (χ1) is 9.52. The molecule has 1 aromatic heterocycles. The summed E-state index contributed by atoms with van der Waals surface area (Å²) in [5.41, 5.74) is 13.7. The second-order valence-corrected chi connectivity index (χ2v) is 5.37. The van der Waals surface area contributed by atoms with Crippen LogP contribution in [0, 0.1) is 0 Å². The molecule has 0 radical (unpaired) electrons. The van der Waals surface area contributed by atoms with Gasteiger partial charge in [0.1, 0.15) is 10.6 Å². The molecule has 0 saturated heterocycles. The number of anilines is 2. The molecule has 2 aromatic rings. The quantitative estimate of drug-likeness (QED) is 0.788. The Morgan fingerprint density at radius 2 is 2.05 bits per heavy atom. The number of rotatable bonds is 5. The van der Waals surface area contributed by atoms with Gasteiger partial charge >= 0.3 is 0 Å². The van der Waals surface area contributed by atoms with Crippen molar-refractivity contribution in [3.63, 3.8) is 0 Å². The maximum absolute atomic E-state index is 11.4. The largest absolute Gasteiger partial charge is 0.382 e. The highest BCUT2D eigenvalue weighted by Crippen LogP contribution is 2.29. The predicted molar refractivity (Wildman–Crippen MR) is 82.9 cm³/mol. The summed E-state index contributed by atoms with van der Waals surface area (Å²) < 4.78 is 3.97. The summed E-state index contributed by atoms with van der Waals surface area (Å²) in [6, 6.07) is 8.39. The molecule has 5 nitrogen and oxygen atoms in total. The smallest absolute Gasteiger partial charge is 0.255 e. The molecule has 2 rings (SSSR count). The van der Waals surface area contributed by atoms with Crippen molar-refractivity contribution in [1.82, 2.24) is 4.37 Å². The number of benzene rings is 1. The summed E-state index contributed by atoms with van der Waals surface area (Å²) in [6.07, 6.45) is 1.01. The predicted octanol–water partition coefficient (Wildman–Crippen LogP) is 2.56. The number of carbonyl (C=O) groups excluding carboxylic acids is 1. The van der Waals surface area contributed by atoms with E-state index in [4.69, 9.17) is 11.5 Å². The fourth-order valence-corrected chi connectivity index (χ4v) is 2.77. The van der Waals surface area contributed by atoms with E-state index < -0.39 is 5.91 Å². The molecule has 1 atom stereocenters. The number of primary amides is 1. The third-order valence-corrected chi connectivity index (χ3v) is 3.99. The maximum Gasteiger partial charge on any atom is 0.255 e. The number of nitrogens with one attached hydrogen (secondary N) is 1. The summed E-state index contributed by atoms with van der Waals surface area (Å²) in [6.45, 7) is 4.14. The fraction of sp³-hybridized carbons (Fsp3) is 0.286. The molecule has 1 unspecified atom stereocenters. The Bertz CT molecular complexity index is 606. The van der Waals surface area contributed by atoms with Crippen molar-refractivity contribution in [3.05, 3.63) is 41.0 Å². The number of nitrogen functional groups attached to an aromatic ring is 1. The first-order valence-electron chi connectivity index (χ1n) is 6.43.